The number of rotatable bonds is 48. The summed E-state index contributed by atoms with van der Waals surface area (Å²) >= 11 is 0. The Bertz CT molecular complexity index is 916. The highest BCUT2D eigenvalue weighted by molar-refractivity contribution is 5.71. The lowest BCUT2D eigenvalue weighted by atomic mass is 10.0. The minimum atomic E-state index is -0.761. The van der Waals surface area contributed by atoms with E-state index in [1.165, 1.54) is 186 Å². The summed E-state index contributed by atoms with van der Waals surface area (Å²) in [5.74, 6) is 0.832. The van der Waals surface area contributed by atoms with E-state index >= 15 is 0 Å². The van der Waals surface area contributed by atoms with Gasteiger partial charge in [-0.25, -0.2) is 0 Å². The lowest BCUT2D eigenvalue weighted by Gasteiger charge is -2.18. The summed E-state index contributed by atoms with van der Waals surface area (Å²) in [5, 5.41) is 0. The third-order valence-corrected chi connectivity index (χ3v) is 12.2. The van der Waals surface area contributed by atoms with Crippen molar-refractivity contribution in [1.82, 2.24) is 0 Å². The summed E-state index contributed by atoms with van der Waals surface area (Å²) < 4.78 is 16.8. The van der Waals surface area contributed by atoms with Crippen LogP contribution >= 0.6 is 0 Å². The van der Waals surface area contributed by atoms with E-state index in [0.29, 0.717) is 19.3 Å². The molecule has 0 radical (unpaired) electrons. The fourth-order valence-electron chi connectivity index (χ4n) is 8.17. The molecule has 0 aromatic heterocycles. The Morgan fingerprint density at radius 3 is 0.817 bits per heavy atom. The molecule has 6 nitrogen and oxygen atoms in total. The highest BCUT2D eigenvalue weighted by Crippen LogP contribution is 2.18. The molecule has 6 heteroatoms. The Labute approximate surface area is 374 Å². The Balaban J connectivity index is 4.28. The molecule has 0 aromatic carbocycles. The molecule has 0 fully saturated rings. The minimum absolute atomic E-state index is 0.0633. The molecule has 0 aliphatic heterocycles. The van der Waals surface area contributed by atoms with Crippen molar-refractivity contribution in [2.45, 2.75) is 304 Å². The molecule has 0 rings (SSSR count). The average molecular weight is 849 g/mol. The first-order valence-corrected chi connectivity index (χ1v) is 26.7. The van der Waals surface area contributed by atoms with E-state index in [2.05, 4.69) is 34.6 Å². The van der Waals surface area contributed by atoms with Gasteiger partial charge in [-0.3, -0.25) is 14.4 Å². The third kappa shape index (κ3) is 47.5. The smallest absolute Gasteiger partial charge is 0.306 e. The molecule has 0 aliphatic carbocycles. The van der Waals surface area contributed by atoms with E-state index in [1.807, 2.05) is 0 Å². The van der Waals surface area contributed by atoms with Crippen molar-refractivity contribution in [3.8, 4) is 0 Å². The lowest BCUT2D eigenvalue weighted by Crippen LogP contribution is -2.30. The normalized spacial score (nSPS) is 12.1. The van der Waals surface area contributed by atoms with Crippen LogP contribution in [0.1, 0.15) is 298 Å². The lowest BCUT2D eigenvalue weighted by molar-refractivity contribution is -0.167. The Morgan fingerprint density at radius 2 is 0.550 bits per heavy atom. The zero-order valence-corrected chi connectivity index (χ0v) is 41.1. The van der Waals surface area contributed by atoms with E-state index in [9.17, 15) is 14.4 Å². The molecule has 0 bridgehead atoms. The van der Waals surface area contributed by atoms with Crippen LogP contribution in [0.15, 0.2) is 0 Å². The van der Waals surface area contributed by atoms with Gasteiger partial charge in [0.05, 0.1) is 0 Å². The van der Waals surface area contributed by atoms with Gasteiger partial charge in [-0.2, -0.15) is 0 Å². The average Bonchev–Trinajstić information content (AvgIpc) is 3.22. The van der Waals surface area contributed by atoms with Crippen LogP contribution in [0.25, 0.3) is 0 Å². The van der Waals surface area contributed by atoms with Crippen LogP contribution < -0.4 is 0 Å². The molecule has 0 saturated heterocycles. The summed E-state index contributed by atoms with van der Waals surface area (Å²) in [4.78, 5) is 37.9. The van der Waals surface area contributed by atoms with Gasteiger partial charge < -0.3 is 14.2 Å². The Hall–Kier alpha value is -1.59. The van der Waals surface area contributed by atoms with Crippen LogP contribution in [0, 0.1) is 11.8 Å². The first kappa shape index (κ1) is 58.4. The number of ether oxygens (including phenoxy) is 3. The Kier molecular flexibility index (Phi) is 45.7. The maximum absolute atomic E-state index is 12.8. The fourth-order valence-corrected chi connectivity index (χ4v) is 8.17. The van der Waals surface area contributed by atoms with Gasteiger partial charge in [0.15, 0.2) is 6.10 Å². The van der Waals surface area contributed by atoms with Gasteiger partial charge in [0.25, 0.3) is 0 Å². The largest absolute Gasteiger partial charge is 0.462 e. The molecule has 0 amide bonds. The van der Waals surface area contributed by atoms with E-state index in [-0.39, 0.29) is 31.1 Å². The van der Waals surface area contributed by atoms with Crippen molar-refractivity contribution >= 4 is 17.9 Å². The molecule has 0 spiro atoms. The maximum Gasteiger partial charge on any atom is 0.306 e. The molecule has 0 unspecified atom stereocenters. The molecular weight excluding hydrogens is 745 g/mol. The topological polar surface area (TPSA) is 78.9 Å². The molecule has 356 valence electrons. The highest BCUT2D eigenvalue weighted by atomic mass is 16.6. The number of hydrogen-bond acceptors (Lipinski definition) is 6. The van der Waals surface area contributed by atoms with Crippen molar-refractivity contribution in [3.63, 3.8) is 0 Å². The summed E-state index contributed by atoms with van der Waals surface area (Å²) in [5.41, 5.74) is 0. The van der Waals surface area contributed by atoms with Gasteiger partial charge in [0, 0.05) is 19.3 Å². The van der Waals surface area contributed by atoms with Gasteiger partial charge in [0.2, 0.25) is 0 Å². The number of esters is 3. The first-order valence-electron chi connectivity index (χ1n) is 26.7. The third-order valence-electron chi connectivity index (χ3n) is 12.2. The zero-order valence-electron chi connectivity index (χ0n) is 41.1. The van der Waals surface area contributed by atoms with E-state index in [1.54, 1.807) is 0 Å². The van der Waals surface area contributed by atoms with Crippen molar-refractivity contribution in [2.24, 2.45) is 11.8 Å². The number of carbonyl (C=O) groups is 3. The van der Waals surface area contributed by atoms with Gasteiger partial charge >= 0.3 is 17.9 Å². The van der Waals surface area contributed by atoms with Gasteiger partial charge in [-0.15, -0.1) is 0 Å². The predicted molar refractivity (Wildman–Crippen MR) is 256 cm³/mol. The van der Waals surface area contributed by atoms with Crippen LogP contribution in [-0.4, -0.2) is 37.2 Å². The number of hydrogen-bond donors (Lipinski definition) is 0. The maximum atomic E-state index is 12.8. The van der Waals surface area contributed by atoms with Crippen LogP contribution in [0.5, 0.6) is 0 Å². The minimum Gasteiger partial charge on any atom is -0.462 e. The van der Waals surface area contributed by atoms with E-state index in [4.69, 9.17) is 14.2 Å². The summed E-state index contributed by atoms with van der Waals surface area (Å²) in [7, 11) is 0. The van der Waals surface area contributed by atoms with Gasteiger partial charge in [0.1, 0.15) is 13.2 Å². The molecule has 60 heavy (non-hydrogen) atoms. The van der Waals surface area contributed by atoms with E-state index < -0.39 is 6.10 Å². The second kappa shape index (κ2) is 46.9. The molecule has 0 N–H and O–H groups in total. The molecular formula is C54H104O6. The summed E-state index contributed by atoms with van der Waals surface area (Å²) in [6, 6.07) is 0. The number of unbranched alkanes of at least 4 members (excludes halogenated alkanes) is 33. The summed E-state index contributed by atoms with van der Waals surface area (Å²) in [6.07, 6.45) is 48.0. The first-order chi connectivity index (χ1) is 29.2. The SMILES string of the molecule is CCCCCCCCCCCCC(=O)OC[C@@H](COC(=O)CCCCCCCCCCCCCCCC(C)C)OC(=O)CCCCCCCCCCCCCCCC(C)C. The molecule has 0 heterocycles. The van der Waals surface area contributed by atoms with Crippen molar-refractivity contribution < 1.29 is 28.6 Å². The number of carbonyl (C=O) groups excluding carboxylic acids is 3. The van der Waals surface area contributed by atoms with Crippen LogP contribution in [0.3, 0.4) is 0 Å². The quantitative estimate of drug-likeness (QED) is 0.0345. The van der Waals surface area contributed by atoms with Gasteiger partial charge in [-0.1, -0.05) is 259 Å². The van der Waals surface area contributed by atoms with E-state index in [0.717, 1.165) is 69.6 Å². The van der Waals surface area contributed by atoms with Crippen LogP contribution in [0.4, 0.5) is 0 Å². The second-order valence-electron chi connectivity index (χ2n) is 19.5. The molecule has 1 atom stereocenters. The molecule has 0 aliphatic rings. The predicted octanol–water partition coefficient (Wildman–Crippen LogP) is 17.3. The summed E-state index contributed by atoms with van der Waals surface area (Å²) in [6.45, 7) is 11.4. The molecule has 0 saturated carbocycles. The molecule has 0 aromatic rings. The van der Waals surface area contributed by atoms with Crippen molar-refractivity contribution in [1.29, 1.82) is 0 Å². The monoisotopic (exact) mass is 849 g/mol. The van der Waals surface area contributed by atoms with Crippen molar-refractivity contribution in [2.75, 3.05) is 13.2 Å². The fraction of sp³-hybridized carbons (Fsp3) is 0.944. The van der Waals surface area contributed by atoms with Crippen LogP contribution in [-0.2, 0) is 28.6 Å². The zero-order chi connectivity index (χ0) is 44.0. The Morgan fingerprint density at radius 1 is 0.317 bits per heavy atom. The van der Waals surface area contributed by atoms with Crippen molar-refractivity contribution in [3.05, 3.63) is 0 Å². The van der Waals surface area contributed by atoms with Gasteiger partial charge in [-0.05, 0) is 31.1 Å². The standard InChI is InChI=1S/C54H104O6/c1-6-7-8-9-10-11-24-29-34-39-44-52(55)58-47-51(60-54(57)46-41-36-31-26-21-17-13-15-19-23-28-33-38-43-50(4)5)48-59-53(56)45-40-35-30-25-20-16-12-14-18-22-27-32-37-42-49(2)3/h49-51H,6-48H2,1-5H3/t51-/m0/s1. The highest BCUT2D eigenvalue weighted by Gasteiger charge is 2.19. The van der Waals surface area contributed by atoms with Crippen LogP contribution in [0.2, 0.25) is 0 Å². The second-order valence-corrected chi connectivity index (χ2v) is 19.5.